The average Bonchev–Trinajstić information content (AvgIpc) is 2.85. The molecule has 1 aliphatic rings. The van der Waals surface area contributed by atoms with Crippen molar-refractivity contribution in [2.75, 3.05) is 0 Å². The molecule has 2 N–H and O–H groups in total. The summed E-state index contributed by atoms with van der Waals surface area (Å²) >= 11 is 0. The smallest absolute Gasteiger partial charge is 0.224 e. The standard InChI is InChI=1S/C18H24N2O/c21-18(20-15-8-4-2-1-3-5-9-15)12-14-13-19-17-11-7-6-10-16(14)17/h6-7,10-11,13,15,19H,1-5,8-9,12H2,(H,20,21). The molecule has 0 atom stereocenters. The first kappa shape index (κ1) is 14.2. The summed E-state index contributed by atoms with van der Waals surface area (Å²) in [7, 11) is 0. The minimum absolute atomic E-state index is 0.158. The van der Waals surface area contributed by atoms with Crippen LogP contribution in [-0.4, -0.2) is 16.9 Å². The number of aromatic nitrogens is 1. The normalized spacial score (nSPS) is 17.3. The zero-order chi connectivity index (χ0) is 14.5. The third-order valence-corrected chi connectivity index (χ3v) is 4.50. The van der Waals surface area contributed by atoms with E-state index in [1.165, 1.54) is 32.1 Å². The van der Waals surface area contributed by atoms with Gasteiger partial charge in [0.25, 0.3) is 0 Å². The second-order valence-electron chi connectivity index (χ2n) is 6.15. The number of H-pyrrole nitrogens is 1. The van der Waals surface area contributed by atoms with Crippen LogP contribution in [0, 0.1) is 0 Å². The number of carbonyl (C=O) groups excluding carboxylic acids is 1. The Morgan fingerprint density at radius 1 is 1.10 bits per heavy atom. The fourth-order valence-electron chi connectivity index (χ4n) is 3.33. The van der Waals surface area contributed by atoms with Crippen molar-refractivity contribution in [2.45, 2.75) is 57.4 Å². The third-order valence-electron chi connectivity index (χ3n) is 4.50. The molecule has 3 nitrogen and oxygen atoms in total. The molecule has 0 unspecified atom stereocenters. The lowest BCUT2D eigenvalue weighted by molar-refractivity contribution is -0.121. The van der Waals surface area contributed by atoms with Gasteiger partial charge in [0.1, 0.15) is 0 Å². The highest BCUT2D eigenvalue weighted by molar-refractivity contribution is 5.88. The van der Waals surface area contributed by atoms with Crippen molar-refractivity contribution in [1.82, 2.24) is 10.3 Å². The number of aromatic amines is 1. The van der Waals surface area contributed by atoms with Crippen LogP contribution in [0.1, 0.15) is 50.5 Å². The zero-order valence-electron chi connectivity index (χ0n) is 12.5. The van der Waals surface area contributed by atoms with Crippen molar-refractivity contribution in [3.05, 3.63) is 36.0 Å². The van der Waals surface area contributed by atoms with Crippen LogP contribution in [0.25, 0.3) is 10.9 Å². The molecule has 3 heteroatoms. The predicted molar refractivity (Wildman–Crippen MR) is 86.3 cm³/mol. The Morgan fingerprint density at radius 2 is 1.81 bits per heavy atom. The maximum atomic E-state index is 12.3. The molecule has 1 aromatic carbocycles. The Hall–Kier alpha value is -1.77. The molecule has 0 bridgehead atoms. The number of rotatable bonds is 3. The van der Waals surface area contributed by atoms with Gasteiger partial charge in [0.05, 0.1) is 6.42 Å². The lowest BCUT2D eigenvalue weighted by Crippen LogP contribution is -2.36. The van der Waals surface area contributed by atoms with Gasteiger partial charge in [-0.1, -0.05) is 50.3 Å². The molecule has 3 rings (SSSR count). The molecule has 2 aromatic rings. The molecule has 0 saturated heterocycles. The summed E-state index contributed by atoms with van der Waals surface area (Å²) in [6.07, 6.45) is 11.2. The highest BCUT2D eigenvalue weighted by Crippen LogP contribution is 2.19. The zero-order valence-corrected chi connectivity index (χ0v) is 12.5. The highest BCUT2D eigenvalue weighted by Gasteiger charge is 2.15. The van der Waals surface area contributed by atoms with Crippen molar-refractivity contribution >= 4 is 16.8 Å². The minimum atomic E-state index is 0.158. The third kappa shape index (κ3) is 3.66. The van der Waals surface area contributed by atoms with Crippen molar-refractivity contribution in [3.8, 4) is 0 Å². The lowest BCUT2D eigenvalue weighted by atomic mass is 9.96. The number of nitrogens with one attached hydrogen (secondary N) is 2. The summed E-state index contributed by atoms with van der Waals surface area (Å²) < 4.78 is 0. The van der Waals surface area contributed by atoms with Crippen molar-refractivity contribution in [2.24, 2.45) is 0 Å². The maximum absolute atomic E-state index is 12.3. The van der Waals surface area contributed by atoms with Crippen LogP contribution in [0.2, 0.25) is 0 Å². The Morgan fingerprint density at radius 3 is 2.62 bits per heavy atom. The first-order chi connectivity index (χ1) is 10.3. The van der Waals surface area contributed by atoms with E-state index in [-0.39, 0.29) is 5.91 Å². The number of benzene rings is 1. The van der Waals surface area contributed by atoms with Crippen LogP contribution < -0.4 is 5.32 Å². The Bertz CT molecular complexity index is 594. The highest BCUT2D eigenvalue weighted by atomic mass is 16.1. The number of para-hydroxylation sites is 1. The molecule has 1 heterocycles. The Labute approximate surface area is 126 Å². The summed E-state index contributed by atoms with van der Waals surface area (Å²) in [5, 5.41) is 4.39. The number of amides is 1. The summed E-state index contributed by atoms with van der Waals surface area (Å²) in [5.74, 6) is 0.158. The number of hydrogen-bond acceptors (Lipinski definition) is 1. The summed E-state index contributed by atoms with van der Waals surface area (Å²) in [6, 6.07) is 8.53. The Kier molecular flexibility index (Phi) is 4.59. The minimum Gasteiger partial charge on any atom is -0.361 e. The van der Waals surface area contributed by atoms with Gasteiger partial charge in [-0.25, -0.2) is 0 Å². The number of hydrogen-bond donors (Lipinski definition) is 2. The lowest BCUT2D eigenvalue weighted by Gasteiger charge is -2.21. The van der Waals surface area contributed by atoms with E-state index >= 15 is 0 Å². The summed E-state index contributed by atoms with van der Waals surface area (Å²) in [4.78, 5) is 15.5. The van der Waals surface area contributed by atoms with Gasteiger partial charge in [-0.05, 0) is 24.5 Å². The molecule has 0 aliphatic heterocycles. The van der Waals surface area contributed by atoms with E-state index in [1.807, 2.05) is 24.4 Å². The van der Waals surface area contributed by atoms with Crippen molar-refractivity contribution in [1.29, 1.82) is 0 Å². The van der Waals surface area contributed by atoms with E-state index in [2.05, 4.69) is 16.4 Å². The SMILES string of the molecule is O=C(Cc1c[nH]c2ccccc12)NC1CCCCCCC1. The van der Waals surface area contributed by atoms with Crippen LogP contribution in [0.3, 0.4) is 0 Å². The predicted octanol–water partition coefficient (Wildman–Crippen LogP) is 3.94. The van der Waals surface area contributed by atoms with Crippen LogP contribution in [0.4, 0.5) is 0 Å². The fraction of sp³-hybridized carbons (Fsp3) is 0.500. The van der Waals surface area contributed by atoms with Crippen molar-refractivity contribution < 1.29 is 4.79 Å². The largest absolute Gasteiger partial charge is 0.361 e. The van der Waals surface area contributed by atoms with E-state index in [0.717, 1.165) is 29.3 Å². The fourth-order valence-corrected chi connectivity index (χ4v) is 3.33. The monoisotopic (exact) mass is 284 g/mol. The molecule has 1 aromatic heterocycles. The molecular formula is C18H24N2O. The van der Waals surface area contributed by atoms with Crippen LogP contribution in [0.5, 0.6) is 0 Å². The second-order valence-corrected chi connectivity index (χ2v) is 6.15. The van der Waals surface area contributed by atoms with Crippen LogP contribution >= 0.6 is 0 Å². The topological polar surface area (TPSA) is 44.9 Å². The number of fused-ring (bicyclic) bond motifs is 1. The summed E-state index contributed by atoms with van der Waals surface area (Å²) in [5.41, 5.74) is 2.19. The van der Waals surface area contributed by atoms with Gasteiger partial charge < -0.3 is 10.3 Å². The van der Waals surface area contributed by atoms with Gasteiger partial charge >= 0.3 is 0 Å². The molecule has 1 aliphatic carbocycles. The van der Waals surface area contributed by atoms with Crippen LogP contribution in [0.15, 0.2) is 30.5 Å². The average molecular weight is 284 g/mol. The van der Waals surface area contributed by atoms with E-state index in [4.69, 9.17) is 0 Å². The Balaban J connectivity index is 1.60. The van der Waals surface area contributed by atoms with E-state index in [1.54, 1.807) is 0 Å². The van der Waals surface area contributed by atoms with E-state index in [0.29, 0.717) is 12.5 Å². The van der Waals surface area contributed by atoms with Crippen LogP contribution in [-0.2, 0) is 11.2 Å². The molecule has 0 spiro atoms. The molecular weight excluding hydrogens is 260 g/mol. The van der Waals surface area contributed by atoms with Gasteiger partial charge in [0.2, 0.25) is 5.91 Å². The first-order valence-electron chi connectivity index (χ1n) is 8.17. The first-order valence-corrected chi connectivity index (χ1v) is 8.17. The quantitative estimate of drug-likeness (QED) is 0.881. The molecule has 1 saturated carbocycles. The second kappa shape index (κ2) is 6.79. The van der Waals surface area contributed by atoms with E-state index < -0.39 is 0 Å². The molecule has 21 heavy (non-hydrogen) atoms. The summed E-state index contributed by atoms with van der Waals surface area (Å²) in [6.45, 7) is 0. The van der Waals surface area contributed by atoms with E-state index in [9.17, 15) is 4.79 Å². The molecule has 1 amide bonds. The molecule has 1 fully saturated rings. The molecule has 0 radical (unpaired) electrons. The number of carbonyl (C=O) groups is 1. The van der Waals surface area contributed by atoms with Gasteiger partial charge in [-0.3, -0.25) is 4.79 Å². The maximum Gasteiger partial charge on any atom is 0.224 e. The van der Waals surface area contributed by atoms with Crippen molar-refractivity contribution in [3.63, 3.8) is 0 Å². The van der Waals surface area contributed by atoms with Gasteiger partial charge in [0.15, 0.2) is 0 Å². The van der Waals surface area contributed by atoms with Gasteiger partial charge in [-0.2, -0.15) is 0 Å². The van der Waals surface area contributed by atoms with Gasteiger partial charge in [0, 0.05) is 23.1 Å². The van der Waals surface area contributed by atoms with Gasteiger partial charge in [-0.15, -0.1) is 0 Å². The molecule has 112 valence electrons.